The zero-order chi connectivity index (χ0) is 13.7. The van der Waals surface area contributed by atoms with Crippen LogP contribution in [0, 0.1) is 17.1 Å². The van der Waals surface area contributed by atoms with Gasteiger partial charge in [0.05, 0.1) is 11.6 Å². The molecule has 5 nitrogen and oxygen atoms in total. The minimum absolute atomic E-state index is 0.0965. The Balaban J connectivity index is 2.00. The topological polar surface area (TPSA) is 70.8 Å². The molecule has 2 rings (SSSR count). The standard InChI is InChI=1S/C12H11FN4OS/c1-2-15-12-17-16-11(19-12)7-18-10-4-3-8(6-14)5-9(10)13/h3-5H,2,7H2,1H3,(H,15,17). The van der Waals surface area contributed by atoms with Crippen molar-refractivity contribution in [1.29, 1.82) is 5.26 Å². The number of hydrogen-bond acceptors (Lipinski definition) is 6. The summed E-state index contributed by atoms with van der Waals surface area (Å²) in [6.45, 7) is 2.87. The summed E-state index contributed by atoms with van der Waals surface area (Å²) in [5.41, 5.74) is 0.259. The smallest absolute Gasteiger partial charge is 0.205 e. The summed E-state index contributed by atoms with van der Waals surface area (Å²) in [6, 6.07) is 5.93. The van der Waals surface area contributed by atoms with Crippen LogP contribution in [0.4, 0.5) is 9.52 Å². The lowest BCUT2D eigenvalue weighted by atomic mass is 10.2. The fourth-order valence-electron chi connectivity index (χ4n) is 1.36. The first-order valence-electron chi connectivity index (χ1n) is 5.61. The number of halogens is 1. The first-order valence-corrected chi connectivity index (χ1v) is 6.43. The molecule has 1 N–H and O–H groups in total. The summed E-state index contributed by atoms with van der Waals surface area (Å²) < 4.78 is 18.9. The van der Waals surface area contributed by atoms with Gasteiger partial charge < -0.3 is 10.1 Å². The lowest BCUT2D eigenvalue weighted by Crippen LogP contribution is -1.97. The van der Waals surface area contributed by atoms with E-state index in [2.05, 4.69) is 15.5 Å². The molecule has 19 heavy (non-hydrogen) atoms. The largest absolute Gasteiger partial charge is 0.483 e. The molecule has 1 aromatic heterocycles. The highest BCUT2D eigenvalue weighted by molar-refractivity contribution is 7.15. The van der Waals surface area contributed by atoms with Gasteiger partial charge in [-0.25, -0.2) is 4.39 Å². The van der Waals surface area contributed by atoms with E-state index < -0.39 is 5.82 Å². The predicted octanol–water partition coefficient (Wildman–Crippen LogP) is 2.56. The third-order valence-electron chi connectivity index (χ3n) is 2.21. The number of aromatic nitrogens is 2. The molecule has 0 aliphatic heterocycles. The molecule has 0 unspecified atom stereocenters. The van der Waals surface area contributed by atoms with Crippen molar-refractivity contribution in [2.24, 2.45) is 0 Å². The van der Waals surface area contributed by atoms with Crippen molar-refractivity contribution < 1.29 is 9.13 Å². The molecule has 0 radical (unpaired) electrons. The zero-order valence-corrected chi connectivity index (χ0v) is 11.0. The van der Waals surface area contributed by atoms with E-state index in [0.29, 0.717) is 10.1 Å². The lowest BCUT2D eigenvalue weighted by molar-refractivity contribution is 0.289. The Hall–Kier alpha value is -2.20. The van der Waals surface area contributed by atoms with Crippen LogP contribution in [-0.2, 0) is 6.61 Å². The number of nitrogens with one attached hydrogen (secondary N) is 1. The lowest BCUT2D eigenvalue weighted by Gasteiger charge is -2.04. The Labute approximate surface area is 113 Å². The van der Waals surface area contributed by atoms with Gasteiger partial charge in [-0.1, -0.05) is 11.3 Å². The molecule has 0 saturated carbocycles. The number of rotatable bonds is 5. The van der Waals surface area contributed by atoms with Crippen molar-refractivity contribution in [2.45, 2.75) is 13.5 Å². The van der Waals surface area contributed by atoms with Crippen molar-refractivity contribution in [2.75, 3.05) is 11.9 Å². The first kappa shape index (κ1) is 13.2. The van der Waals surface area contributed by atoms with E-state index in [4.69, 9.17) is 10.00 Å². The van der Waals surface area contributed by atoms with Crippen LogP contribution in [0.15, 0.2) is 18.2 Å². The highest BCUT2D eigenvalue weighted by Crippen LogP contribution is 2.21. The van der Waals surface area contributed by atoms with E-state index in [1.807, 2.05) is 13.0 Å². The third kappa shape index (κ3) is 3.39. The van der Waals surface area contributed by atoms with Crippen LogP contribution in [-0.4, -0.2) is 16.7 Å². The van der Waals surface area contributed by atoms with Crippen LogP contribution in [0.25, 0.3) is 0 Å². The van der Waals surface area contributed by atoms with E-state index in [1.165, 1.54) is 23.5 Å². The van der Waals surface area contributed by atoms with Crippen LogP contribution in [0.1, 0.15) is 17.5 Å². The summed E-state index contributed by atoms with van der Waals surface area (Å²) in [5, 5.41) is 20.9. The quantitative estimate of drug-likeness (QED) is 0.910. The maximum absolute atomic E-state index is 13.5. The Morgan fingerprint density at radius 2 is 2.32 bits per heavy atom. The zero-order valence-electron chi connectivity index (χ0n) is 10.2. The molecule has 0 amide bonds. The maximum atomic E-state index is 13.5. The predicted molar refractivity (Wildman–Crippen MR) is 69.5 cm³/mol. The van der Waals surface area contributed by atoms with Crippen LogP contribution >= 0.6 is 11.3 Å². The molecular formula is C12H11FN4OS. The van der Waals surface area contributed by atoms with E-state index in [9.17, 15) is 4.39 Å². The van der Waals surface area contributed by atoms with E-state index in [1.54, 1.807) is 0 Å². The van der Waals surface area contributed by atoms with Gasteiger partial charge >= 0.3 is 0 Å². The van der Waals surface area contributed by atoms with Gasteiger partial charge in [-0.15, -0.1) is 10.2 Å². The van der Waals surface area contributed by atoms with Crippen LogP contribution in [0.2, 0.25) is 0 Å². The van der Waals surface area contributed by atoms with Gasteiger partial charge in [0.25, 0.3) is 0 Å². The van der Waals surface area contributed by atoms with Crippen LogP contribution < -0.4 is 10.1 Å². The second-order valence-electron chi connectivity index (χ2n) is 3.58. The van der Waals surface area contributed by atoms with Gasteiger partial charge in [-0.2, -0.15) is 5.26 Å². The molecule has 1 heterocycles. The van der Waals surface area contributed by atoms with Crippen molar-refractivity contribution in [3.05, 3.63) is 34.6 Å². The highest BCUT2D eigenvalue weighted by Gasteiger charge is 2.08. The Morgan fingerprint density at radius 1 is 1.47 bits per heavy atom. The van der Waals surface area contributed by atoms with Gasteiger partial charge in [0, 0.05) is 6.54 Å². The fourth-order valence-corrected chi connectivity index (χ4v) is 2.08. The van der Waals surface area contributed by atoms with Gasteiger partial charge in [-0.3, -0.25) is 0 Å². The molecule has 0 bridgehead atoms. The molecule has 0 aliphatic carbocycles. The third-order valence-corrected chi connectivity index (χ3v) is 3.06. The molecule has 0 spiro atoms. The molecule has 0 saturated heterocycles. The van der Waals surface area contributed by atoms with Crippen LogP contribution in [0.3, 0.4) is 0 Å². The number of anilines is 1. The Bertz CT molecular complexity index is 608. The van der Waals surface area contributed by atoms with Crippen molar-refractivity contribution in [3.63, 3.8) is 0 Å². The summed E-state index contributed by atoms with van der Waals surface area (Å²) in [6.07, 6.45) is 0. The SMILES string of the molecule is CCNc1nnc(COc2ccc(C#N)cc2F)s1. The summed E-state index contributed by atoms with van der Waals surface area (Å²) >= 11 is 1.36. The number of ether oxygens (including phenoxy) is 1. The molecule has 98 valence electrons. The second-order valence-corrected chi connectivity index (χ2v) is 4.64. The van der Waals surface area contributed by atoms with Crippen molar-refractivity contribution in [1.82, 2.24) is 10.2 Å². The second kappa shape index (κ2) is 6.11. The van der Waals surface area contributed by atoms with E-state index >= 15 is 0 Å². The molecule has 2 aromatic rings. The average molecular weight is 278 g/mol. The van der Waals surface area contributed by atoms with Gasteiger partial charge in [0.15, 0.2) is 16.6 Å². The first-order chi connectivity index (χ1) is 9.22. The Kier molecular flexibility index (Phi) is 4.26. The maximum Gasteiger partial charge on any atom is 0.205 e. The van der Waals surface area contributed by atoms with Crippen LogP contribution in [0.5, 0.6) is 5.75 Å². The minimum Gasteiger partial charge on any atom is -0.483 e. The average Bonchev–Trinajstić information content (AvgIpc) is 2.85. The van der Waals surface area contributed by atoms with Crippen molar-refractivity contribution >= 4 is 16.5 Å². The molecule has 0 fully saturated rings. The normalized spacial score (nSPS) is 9.95. The number of benzene rings is 1. The minimum atomic E-state index is -0.560. The van der Waals surface area contributed by atoms with E-state index in [0.717, 1.165) is 12.6 Å². The molecule has 1 aromatic carbocycles. The monoisotopic (exact) mass is 278 g/mol. The fraction of sp³-hybridized carbons (Fsp3) is 0.250. The van der Waals surface area contributed by atoms with Gasteiger partial charge in [0.1, 0.15) is 6.61 Å². The molecule has 0 aliphatic rings. The molecule has 0 atom stereocenters. The highest BCUT2D eigenvalue weighted by atomic mass is 32.1. The molecular weight excluding hydrogens is 267 g/mol. The van der Waals surface area contributed by atoms with Gasteiger partial charge in [0.2, 0.25) is 5.13 Å². The number of nitriles is 1. The summed E-state index contributed by atoms with van der Waals surface area (Å²) in [7, 11) is 0. The molecule has 7 heteroatoms. The van der Waals surface area contributed by atoms with Gasteiger partial charge in [-0.05, 0) is 25.1 Å². The van der Waals surface area contributed by atoms with E-state index in [-0.39, 0.29) is 17.9 Å². The summed E-state index contributed by atoms with van der Waals surface area (Å²) in [5.74, 6) is -0.463. The number of nitrogens with zero attached hydrogens (tertiary/aromatic N) is 3. The summed E-state index contributed by atoms with van der Waals surface area (Å²) in [4.78, 5) is 0. The number of hydrogen-bond donors (Lipinski definition) is 1. The Morgan fingerprint density at radius 3 is 3.00 bits per heavy atom. The van der Waals surface area contributed by atoms with Crippen molar-refractivity contribution in [3.8, 4) is 11.8 Å².